The Labute approximate surface area is 321 Å². The van der Waals surface area contributed by atoms with Gasteiger partial charge in [-0.3, -0.25) is 4.57 Å². The predicted molar refractivity (Wildman–Crippen MR) is 230 cm³/mol. The fourth-order valence-electron chi connectivity index (χ4n) is 9.34. The average molecular weight is 718 g/mol. The molecule has 0 spiro atoms. The van der Waals surface area contributed by atoms with Crippen LogP contribution in [0.15, 0.2) is 188 Å². The van der Waals surface area contributed by atoms with E-state index in [1.165, 1.54) is 59.6 Å². The van der Waals surface area contributed by atoms with E-state index in [4.69, 9.17) is 9.97 Å². The van der Waals surface area contributed by atoms with Crippen LogP contribution in [0.3, 0.4) is 0 Å². The Morgan fingerprint density at radius 1 is 0.455 bits per heavy atom. The molecule has 1 aliphatic carbocycles. The minimum Gasteiger partial charge on any atom is -0.278 e. The van der Waals surface area contributed by atoms with Crippen LogP contribution in [-0.2, 0) is 5.41 Å². The number of hydrogen-bond donors (Lipinski definition) is 0. The summed E-state index contributed by atoms with van der Waals surface area (Å²) in [5.74, 6) is 0.675. The summed E-state index contributed by atoms with van der Waals surface area (Å²) in [6, 6.07) is 68.4. The Balaban J connectivity index is 1.19. The predicted octanol–water partition coefficient (Wildman–Crippen LogP) is 13.1. The minimum absolute atomic E-state index is 0.506. The van der Waals surface area contributed by atoms with Gasteiger partial charge in [0, 0.05) is 26.4 Å². The zero-order chi connectivity index (χ0) is 36.1. The molecular weight excluding hydrogens is 687 g/mol. The van der Waals surface area contributed by atoms with Crippen LogP contribution in [-0.4, -0.2) is 14.5 Å². The van der Waals surface area contributed by atoms with Crippen molar-refractivity contribution >= 4 is 64.2 Å². The van der Waals surface area contributed by atoms with Gasteiger partial charge in [0.05, 0.1) is 32.4 Å². The van der Waals surface area contributed by atoms with E-state index in [-0.39, 0.29) is 0 Å². The van der Waals surface area contributed by atoms with Gasteiger partial charge < -0.3 is 0 Å². The summed E-state index contributed by atoms with van der Waals surface area (Å²) in [4.78, 5) is 11.1. The van der Waals surface area contributed by atoms with Crippen molar-refractivity contribution in [2.75, 3.05) is 0 Å². The van der Waals surface area contributed by atoms with E-state index in [0.29, 0.717) is 5.95 Å². The second-order valence-corrected chi connectivity index (χ2v) is 15.6. The highest BCUT2D eigenvalue weighted by Crippen LogP contribution is 2.57. The molecule has 12 rings (SSSR count). The number of fused-ring (bicyclic) bond motifs is 10. The zero-order valence-corrected chi connectivity index (χ0v) is 30.5. The van der Waals surface area contributed by atoms with Gasteiger partial charge in [0.2, 0.25) is 5.95 Å². The molecule has 8 aromatic carbocycles. The molecule has 55 heavy (non-hydrogen) atoms. The average Bonchev–Trinajstić information content (AvgIpc) is 3.89. The molecule has 3 nitrogen and oxygen atoms in total. The van der Waals surface area contributed by atoms with E-state index in [0.717, 1.165) is 37.9 Å². The SMILES string of the molecule is c1ccc(C2(c3ccccc3)c3ccccc3-c3ccc(-c4nc(-n5c6ccccc6c6cc7ccccc7cc65)nc5c4sc4ccccc45)cc32)cc1. The van der Waals surface area contributed by atoms with Gasteiger partial charge in [-0.1, -0.05) is 158 Å². The number of hydrogen-bond acceptors (Lipinski definition) is 3. The molecule has 0 unspecified atom stereocenters. The molecule has 3 heterocycles. The van der Waals surface area contributed by atoms with Crippen LogP contribution in [0.4, 0.5) is 0 Å². The van der Waals surface area contributed by atoms with Gasteiger partial charge in [-0.05, 0) is 74.5 Å². The Bertz CT molecular complexity index is 3280. The van der Waals surface area contributed by atoms with Crippen LogP contribution in [0.1, 0.15) is 22.3 Å². The molecular formula is C51H31N3S. The normalized spacial score (nSPS) is 13.2. The van der Waals surface area contributed by atoms with Crippen molar-refractivity contribution in [1.29, 1.82) is 0 Å². The van der Waals surface area contributed by atoms with Crippen LogP contribution in [0, 0.1) is 0 Å². The lowest BCUT2D eigenvalue weighted by molar-refractivity contribution is 0.768. The molecule has 0 bridgehead atoms. The molecule has 0 saturated heterocycles. The van der Waals surface area contributed by atoms with Gasteiger partial charge >= 0.3 is 0 Å². The molecule has 0 saturated carbocycles. The number of nitrogens with zero attached hydrogens (tertiary/aromatic N) is 3. The maximum atomic E-state index is 5.62. The second-order valence-electron chi connectivity index (χ2n) is 14.5. The Kier molecular flexibility index (Phi) is 6.42. The van der Waals surface area contributed by atoms with Gasteiger partial charge in [-0.25, -0.2) is 9.97 Å². The van der Waals surface area contributed by atoms with Crippen LogP contribution < -0.4 is 0 Å². The van der Waals surface area contributed by atoms with Crippen molar-refractivity contribution in [1.82, 2.24) is 14.5 Å². The van der Waals surface area contributed by atoms with Gasteiger partial charge in [-0.15, -0.1) is 11.3 Å². The maximum Gasteiger partial charge on any atom is 0.235 e. The smallest absolute Gasteiger partial charge is 0.235 e. The lowest BCUT2D eigenvalue weighted by Crippen LogP contribution is -2.28. The highest BCUT2D eigenvalue weighted by Gasteiger charge is 2.46. The molecule has 0 aliphatic heterocycles. The fourth-order valence-corrected chi connectivity index (χ4v) is 10.5. The van der Waals surface area contributed by atoms with Crippen molar-refractivity contribution in [3.05, 3.63) is 210 Å². The fraction of sp³-hybridized carbons (Fsp3) is 0.0196. The van der Waals surface area contributed by atoms with E-state index in [9.17, 15) is 0 Å². The highest BCUT2D eigenvalue weighted by molar-refractivity contribution is 7.26. The number of benzene rings is 8. The van der Waals surface area contributed by atoms with Crippen LogP contribution >= 0.6 is 11.3 Å². The van der Waals surface area contributed by atoms with Crippen LogP contribution in [0.2, 0.25) is 0 Å². The zero-order valence-electron chi connectivity index (χ0n) is 29.6. The van der Waals surface area contributed by atoms with E-state index >= 15 is 0 Å². The molecule has 1 aliphatic rings. The molecule has 0 amide bonds. The lowest BCUT2D eigenvalue weighted by atomic mass is 9.67. The van der Waals surface area contributed by atoms with E-state index in [1.54, 1.807) is 11.3 Å². The molecule has 0 N–H and O–H groups in total. The van der Waals surface area contributed by atoms with Gasteiger partial charge in [0.25, 0.3) is 0 Å². The minimum atomic E-state index is -0.506. The van der Waals surface area contributed by atoms with Crippen molar-refractivity contribution < 1.29 is 0 Å². The first-order valence-corrected chi connectivity index (χ1v) is 19.6. The quantitative estimate of drug-likeness (QED) is 0.181. The topological polar surface area (TPSA) is 30.7 Å². The standard InChI is InChI=1S/C51H31N3S/c1-3-17-35(18-4-1)51(36-19-5-2-6-20-36)42-24-12-9-21-37(42)38-28-27-34(30-43(38)51)47-49-48(40-23-11-14-26-46(40)55-49)53-50(52-47)54-44-25-13-10-22-39(44)41-29-32-15-7-8-16-33(32)31-45(41)54/h1-31H. The second kappa shape index (κ2) is 11.6. The summed E-state index contributed by atoms with van der Waals surface area (Å²) in [5, 5.41) is 5.95. The Morgan fingerprint density at radius 3 is 1.89 bits per heavy atom. The molecule has 0 radical (unpaired) electrons. The summed E-state index contributed by atoms with van der Waals surface area (Å²) in [5.41, 5.74) is 12.3. The number of para-hydroxylation sites is 1. The van der Waals surface area contributed by atoms with Crippen LogP contribution in [0.5, 0.6) is 0 Å². The Morgan fingerprint density at radius 2 is 1.09 bits per heavy atom. The van der Waals surface area contributed by atoms with E-state index in [1.807, 2.05) is 0 Å². The number of aromatic nitrogens is 3. The van der Waals surface area contributed by atoms with Crippen molar-refractivity contribution in [2.24, 2.45) is 0 Å². The molecule has 256 valence electrons. The van der Waals surface area contributed by atoms with Gasteiger partial charge in [-0.2, -0.15) is 0 Å². The summed E-state index contributed by atoms with van der Waals surface area (Å²) >= 11 is 1.78. The monoisotopic (exact) mass is 717 g/mol. The Hall–Kier alpha value is -6.88. The van der Waals surface area contributed by atoms with Crippen molar-refractivity contribution in [2.45, 2.75) is 5.41 Å². The highest BCUT2D eigenvalue weighted by atomic mass is 32.1. The maximum absolute atomic E-state index is 5.62. The number of thiophene rings is 1. The van der Waals surface area contributed by atoms with Gasteiger partial charge in [0.1, 0.15) is 0 Å². The first-order valence-electron chi connectivity index (χ1n) is 18.7. The molecule has 4 heteroatoms. The van der Waals surface area contributed by atoms with Crippen molar-refractivity contribution in [3.8, 4) is 28.3 Å². The third-order valence-electron chi connectivity index (χ3n) is 11.7. The largest absolute Gasteiger partial charge is 0.278 e. The molecule has 11 aromatic rings. The molecule has 0 fully saturated rings. The molecule has 3 aromatic heterocycles. The third-order valence-corrected chi connectivity index (χ3v) is 12.8. The van der Waals surface area contributed by atoms with E-state index < -0.39 is 5.41 Å². The van der Waals surface area contributed by atoms with Crippen molar-refractivity contribution in [3.63, 3.8) is 0 Å². The summed E-state index contributed by atoms with van der Waals surface area (Å²) in [6.45, 7) is 0. The summed E-state index contributed by atoms with van der Waals surface area (Å²) in [6.07, 6.45) is 0. The van der Waals surface area contributed by atoms with Gasteiger partial charge in [0.15, 0.2) is 0 Å². The number of rotatable bonds is 4. The first-order chi connectivity index (χ1) is 27.3. The third kappa shape index (κ3) is 4.26. The summed E-state index contributed by atoms with van der Waals surface area (Å²) < 4.78 is 4.57. The first kappa shape index (κ1) is 30.6. The van der Waals surface area contributed by atoms with E-state index in [2.05, 4.69) is 193 Å². The van der Waals surface area contributed by atoms with Crippen LogP contribution in [0.25, 0.3) is 81.2 Å². The molecule has 0 atom stereocenters. The summed E-state index contributed by atoms with van der Waals surface area (Å²) in [7, 11) is 0. The lowest BCUT2D eigenvalue weighted by Gasteiger charge is -2.34.